The Morgan fingerprint density at radius 1 is 1.56 bits per heavy atom. The molecule has 0 unspecified atom stereocenters. The number of hydrogen-bond donors (Lipinski definition) is 0. The number of carbonyl (C=O) groups excluding carboxylic acids is 1. The summed E-state index contributed by atoms with van der Waals surface area (Å²) >= 11 is 4.95. The number of amides is 1. The van der Waals surface area contributed by atoms with Gasteiger partial charge in [-0.05, 0) is 18.2 Å². The molecule has 0 spiro atoms. The Bertz CT molecular complexity index is 645. The second-order valence-electron chi connectivity index (χ2n) is 3.77. The number of benzene rings is 1. The summed E-state index contributed by atoms with van der Waals surface area (Å²) in [5.74, 6) is -0.188. The third-order valence-electron chi connectivity index (χ3n) is 2.42. The summed E-state index contributed by atoms with van der Waals surface area (Å²) in [6.45, 7) is 2.73. The lowest BCUT2D eigenvalue weighted by Gasteiger charge is -2.03. The predicted octanol–water partition coefficient (Wildman–Crippen LogP) is 2.56. The molecule has 96 valence electrons. The number of nitrogens with zero attached hydrogens (tertiary/aromatic N) is 2. The van der Waals surface area contributed by atoms with Crippen LogP contribution in [-0.2, 0) is 16.1 Å². The molecular weight excluding hydrogens is 316 g/mol. The van der Waals surface area contributed by atoms with Crippen LogP contribution in [0.1, 0.15) is 6.92 Å². The smallest absolute Gasteiger partial charge is 0.245 e. The second kappa shape index (κ2) is 5.77. The number of methoxy groups -OCH3 is 1. The molecule has 1 heterocycles. The van der Waals surface area contributed by atoms with Crippen LogP contribution in [0.15, 0.2) is 27.7 Å². The summed E-state index contributed by atoms with van der Waals surface area (Å²) in [5, 5.41) is 0. The molecule has 0 radical (unpaired) electrons. The molecule has 0 aliphatic rings. The lowest BCUT2D eigenvalue weighted by atomic mass is 10.3. The van der Waals surface area contributed by atoms with Gasteiger partial charge in [-0.3, -0.25) is 4.79 Å². The fourth-order valence-corrected chi connectivity index (χ4v) is 3.32. The van der Waals surface area contributed by atoms with E-state index in [1.54, 1.807) is 7.11 Å². The highest BCUT2D eigenvalue weighted by Gasteiger charge is 2.07. The maximum atomic E-state index is 11.2. The van der Waals surface area contributed by atoms with Crippen molar-refractivity contribution >= 4 is 43.4 Å². The summed E-state index contributed by atoms with van der Waals surface area (Å²) in [7, 11) is 1.66. The van der Waals surface area contributed by atoms with Gasteiger partial charge in [0.15, 0.2) is 4.80 Å². The molecule has 2 rings (SSSR count). The van der Waals surface area contributed by atoms with E-state index in [0.717, 1.165) is 14.7 Å². The van der Waals surface area contributed by atoms with Gasteiger partial charge < -0.3 is 9.30 Å². The van der Waals surface area contributed by atoms with Gasteiger partial charge in [0, 0.05) is 25.1 Å². The standard InChI is InChI=1S/C12H13BrN2O2S/c1-8(16)14-12-15(5-6-17-2)10-4-3-9(13)7-11(10)18-12/h3-4,7H,5-6H2,1-2H3. The van der Waals surface area contributed by atoms with Crippen molar-refractivity contribution in [1.29, 1.82) is 0 Å². The van der Waals surface area contributed by atoms with Crippen molar-refractivity contribution in [2.24, 2.45) is 4.99 Å². The summed E-state index contributed by atoms with van der Waals surface area (Å²) in [4.78, 5) is 15.9. The van der Waals surface area contributed by atoms with E-state index in [-0.39, 0.29) is 5.91 Å². The van der Waals surface area contributed by atoms with Gasteiger partial charge in [-0.15, -0.1) is 0 Å². The van der Waals surface area contributed by atoms with Gasteiger partial charge in [-0.1, -0.05) is 27.3 Å². The van der Waals surface area contributed by atoms with Crippen molar-refractivity contribution in [1.82, 2.24) is 4.57 Å². The van der Waals surface area contributed by atoms with Crippen molar-refractivity contribution in [3.8, 4) is 0 Å². The van der Waals surface area contributed by atoms with Crippen LogP contribution in [0.4, 0.5) is 0 Å². The molecule has 0 fully saturated rings. The molecule has 0 bridgehead atoms. The highest BCUT2D eigenvalue weighted by Crippen LogP contribution is 2.22. The Morgan fingerprint density at radius 3 is 3.00 bits per heavy atom. The molecule has 6 heteroatoms. The normalized spacial score (nSPS) is 12.3. The summed E-state index contributed by atoms with van der Waals surface area (Å²) in [6, 6.07) is 6.03. The van der Waals surface area contributed by atoms with E-state index < -0.39 is 0 Å². The monoisotopic (exact) mass is 328 g/mol. The third kappa shape index (κ3) is 2.88. The van der Waals surface area contributed by atoms with Crippen molar-refractivity contribution in [2.45, 2.75) is 13.5 Å². The fraction of sp³-hybridized carbons (Fsp3) is 0.333. The van der Waals surface area contributed by atoms with Crippen molar-refractivity contribution in [2.75, 3.05) is 13.7 Å². The number of carbonyl (C=O) groups is 1. The van der Waals surface area contributed by atoms with Crippen molar-refractivity contribution < 1.29 is 9.53 Å². The minimum absolute atomic E-state index is 0.188. The number of halogens is 1. The van der Waals surface area contributed by atoms with Gasteiger partial charge in [0.2, 0.25) is 5.91 Å². The number of thiazole rings is 1. The Balaban J connectivity index is 2.64. The Morgan fingerprint density at radius 2 is 2.33 bits per heavy atom. The minimum Gasteiger partial charge on any atom is -0.383 e. The van der Waals surface area contributed by atoms with E-state index in [1.807, 2.05) is 22.8 Å². The van der Waals surface area contributed by atoms with E-state index in [0.29, 0.717) is 18.0 Å². The zero-order valence-corrected chi connectivity index (χ0v) is 12.5. The Kier molecular flexibility index (Phi) is 4.31. The SMILES string of the molecule is COCCn1c(=NC(C)=O)sc2cc(Br)ccc21. The molecule has 0 aliphatic heterocycles. The molecule has 0 atom stereocenters. The topological polar surface area (TPSA) is 43.6 Å². The number of ether oxygens (including phenoxy) is 1. The van der Waals surface area contributed by atoms with Crippen LogP contribution in [-0.4, -0.2) is 24.2 Å². The van der Waals surface area contributed by atoms with Crippen LogP contribution in [0.2, 0.25) is 0 Å². The molecule has 1 aromatic heterocycles. The van der Waals surface area contributed by atoms with Crippen molar-refractivity contribution in [3.05, 3.63) is 27.5 Å². The third-order valence-corrected chi connectivity index (χ3v) is 3.95. The van der Waals surface area contributed by atoms with Gasteiger partial charge >= 0.3 is 0 Å². The fourth-order valence-electron chi connectivity index (χ4n) is 1.67. The highest BCUT2D eigenvalue weighted by molar-refractivity contribution is 9.10. The first-order valence-corrected chi connectivity index (χ1v) is 7.06. The average Bonchev–Trinajstić information content (AvgIpc) is 2.62. The molecule has 0 saturated carbocycles. The van der Waals surface area contributed by atoms with Gasteiger partial charge in [-0.2, -0.15) is 4.99 Å². The van der Waals surface area contributed by atoms with E-state index in [9.17, 15) is 4.79 Å². The van der Waals surface area contributed by atoms with Gasteiger partial charge in [-0.25, -0.2) is 0 Å². The van der Waals surface area contributed by atoms with Crippen LogP contribution >= 0.6 is 27.3 Å². The van der Waals surface area contributed by atoms with Crippen LogP contribution in [0.3, 0.4) is 0 Å². The molecule has 1 amide bonds. The van der Waals surface area contributed by atoms with Crippen LogP contribution < -0.4 is 4.80 Å². The summed E-state index contributed by atoms with van der Waals surface area (Å²) in [5.41, 5.74) is 1.07. The number of rotatable bonds is 3. The Hall–Kier alpha value is -0.980. The van der Waals surface area contributed by atoms with Crippen LogP contribution in [0, 0.1) is 0 Å². The second-order valence-corrected chi connectivity index (χ2v) is 5.70. The van der Waals surface area contributed by atoms with Crippen molar-refractivity contribution in [3.63, 3.8) is 0 Å². The minimum atomic E-state index is -0.188. The van der Waals surface area contributed by atoms with E-state index in [4.69, 9.17) is 4.74 Å². The molecule has 0 saturated heterocycles. The average molecular weight is 329 g/mol. The number of aromatic nitrogens is 1. The summed E-state index contributed by atoms with van der Waals surface area (Å²) in [6.07, 6.45) is 0. The van der Waals surface area contributed by atoms with E-state index in [2.05, 4.69) is 20.9 Å². The first-order valence-electron chi connectivity index (χ1n) is 5.45. The first kappa shape index (κ1) is 13.5. The molecule has 18 heavy (non-hydrogen) atoms. The first-order chi connectivity index (χ1) is 8.61. The van der Waals surface area contributed by atoms with Crippen LogP contribution in [0.25, 0.3) is 10.2 Å². The maximum absolute atomic E-state index is 11.2. The molecule has 0 aliphatic carbocycles. The predicted molar refractivity (Wildman–Crippen MR) is 75.6 cm³/mol. The molecule has 1 aromatic carbocycles. The summed E-state index contributed by atoms with van der Waals surface area (Å²) < 4.78 is 9.22. The van der Waals surface area contributed by atoms with E-state index in [1.165, 1.54) is 18.3 Å². The lowest BCUT2D eigenvalue weighted by molar-refractivity contribution is -0.116. The lowest BCUT2D eigenvalue weighted by Crippen LogP contribution is -2.18. The molecular formula is C12H13BrN2O2S. The molecule has 0 N–H and O–H groups in total. The zero-order chi connectivity index (χ0) is 13.1. The number of fused-ring (bicyclic) bond motifs is 1. The maximum Gasteiger partial charge on any atom is 0.245 e. The number of hydrogen-bond acceptors (Lipinski definition) is 3. The zero-order valence-electron chi connectivity index (χ0n) is 10.1. The Labute approximate surface area is 117 Å². The van der Waals surface area contributed by atoms with E-state index >= 15 is 0 Å². The molecule has 4 nitrogen and oxygen atoms in total. The van der Waals surface area contributed by atoms with Gasteiger partial charge in [0.05, 0.1) is 16.8 Å². The van der Waals surface area contributed by atoms with Crippen LogP contribution in [0.5, 0.6) is 0 Å². The van der Waals surface area contributed by atoms with Gasteiger partial charge in [0.1, 0.15) is 0 Å². The van der Waals surface area contributed by atoms with Gasteiger partial charge in [0.25, 0.3) is 0 Å². The highest BCUT2D eigenvalue weighted by atomic mass is 79.9. The largest absolute Gasteiger partial charge is 0.383 e. The quantitative estimate of drug-likeness (QED) is 0.869. The molecule has 2 aromatic rings.